The van der Waals surface area contributed by atoms with Gasteiger partial charge in [0.05, 0.1) is 0 Å². The van der Waals surface area contributed by atoms with Gasteiger partial charge >= 0.3 is 265 Å². The molecule has 0 aliphatic rings. The number of carbonyl (C=O) groups excluding carboxylic acids is 4. The molecule has 2 unspecified atom stereocenters. The van der Waals surface area contributed by atoms with Crippen LogP contribution >= 0.6 is 25.3 Å². The molecule has 8 nitrogen and oxygen atoms in total. The zero-order valence-electron chi connectivity index (χ0n) is 38.7. The summed E-state index contributed by atoms with van der Waals surface area (Å²) in [6.45, 7) is 4.53. The standard InChI is InChI=1S/2C20H40O2S.2C4H7O2.Sn/c2*1-2-3-4-5-6-7-8-9-10-11-12-13-14-15-16-17-18-19(23)20(21)22;2*1-3-4(5)6-2;/h2*19,23H,2-18H2,1H3,(H,21,22);2*1,3H2,2H3;/q;;;;+2/p-2. The Kier molecular flexibility index (Phi) is 42.2. The molecule has 0 aliphatic carbocycles. The van der Waals surface area contributed by atoms with Gasteiger partial charge in [-0.05, 0) is 0 Å². The Hall–Kier alpha value is -0.621. The van der Waals surface area contributed by atoms with Crippen molar-refractivity contribution in [3.05, 3.63) is 0 Å². The maximum atomic E-state index is 13.5. The second kappa shape index (κ2) is 42.7. The van der Waals surface area contributed by atoms with Crippen molar-refractivity contribution >= 4 is 68.3 Å². The van der Waals surface area contributed by atoms with E-state index in [1.54, 1.807) is 0 Å². The monoisotopic (exact) mass is 981 g/mol. The summed E-state index contributed by atoms with van der Waals surface area (Å²) < 4.78 is 22.1. The number of carbonyl (C=O) groups is 4. The Morgan fingerprint density at radius 3 is 0.831 bits per heavy atom. The molecule has 0 bridgehead atoms. The Labute approximate surface area is 379 Å². The number of hydrogen-bond acceptors (Lipinski definition) is 10. The Morgan fingerprint density at radius 2 is 0.610 bits per heavy atom. The minimum atomic E-state index is -4.77. The van der Waals surface area contributed by atoms with Crippen molar-refractivity contribution in [3.63, 3.8) is 0 Å². The molecule has 0 rings (SSSR count). The molecule has 2 atom stereocenters. The molecule has 0 aromatic carbocycles. The molecule has 59 heavy (non-hydrogen) atoms. The van der Waals surface area contributed by atoms with E-state index in [1.165, 1.54) is 181 Å². The molecule has 0 saturated carbocycles. The quantitative estimate of drug-likeness (QED) is 0.0269. The summed E-state index contributed by atoms with van der Waals surface area (Å²) in [5, 5.41) is -1.38. The zero-order chi connectivity index (χ0) is 43.7. The first kappa shape index (κ1) is 58.4. The van der Waals surface area contributed by atoms with E-state index in [0.717, 1.165) is 38.5 Å². The first-order chi connectivity index (χ1) is 28.6. The number of ether oxygens (including phenoxy) is 2. The molecule has 11 heteroatoms. The van der Waals surface area contributed by atoms with Crippen molar-refractivity contribution < 1.29 is 34.8 Å². The van der Waals surface area contributed by atoms with Gasteiger partial charge in [-0.1, -0.05) is 117 Å². The molecule has 348 valence electrons. The SMILES string of the molecule is CCCCCCCCCCCCCCCCCCC(S)C(=O)[O][Sn]([CH2]CC(=O)OC)([CH2]CC(=O)OC)[O]C(=O)C(S)CCCCCCCCCCCCCCCCCC. The van der Waals surface area contributed by atoms with Crippen molar-refractivity contribution in [2.45, 2.75) is 264 Å². The minimum absolute atomic E-state index is 0.0505. The van der Waals surface area contributed by atoms with Crippen LogP contribution in [0.1, 0.15) is 245 Å². The Balaban J connectivity index is 4.72. The summed E-state index contributed by atoms with van der Waals surface area (Å²) >= 11 is 4.41. The molecule has 0 saturated heterocycles. The van der Waals surface area contributed by atoms with Gasteiger partial charge < -0.3 is 0 Å². The molecule has 0 aromatic rings. The zero-order valence-corrected chi connectivity index (χ0v) is 43.3. The van der Waals surface area contributed by atoms with Crippen LogP contribution in [0.4, 0.5) is 0 Å². The molecule has 0 heterocycles. The molecule has 0 amide bonds. The third kappa shape index (κ3) is 36.6. The first-order valence-corrected chi connectivity index (χ1v) is 32.0. The number of unbranched alkanes of at least 4 members (excludes halogenated alkanes) is 30. The predicted octanol–water partition coefficient (Wildman–Crippen LogP) is 14.5. The molecule has 0 aromatic heterocycles. The third-order valence-electron chi connectivity index (χ3n) is 11.7. The van der Waals surface area contributed by atoms with Gasteiger partial charge in [-0.2, -0.15) is 0 Å². The van der Waals surface area contributed by atoms with E-state index in [1.807, 2.05) is 0 Å². The Morgan fingerprint density at radius 1 is 0.390 bits per heavy atom. The Bertz CT molecular complexity index is 938. The fraction of sp³-hybridized carbons (Fsp3) is 0.917. The summed E-state index contributed by atoms with van der Waals surface area (Å²) in [7, 11) is 2.57. The summed E-state index contributed by atoms with van der Waals surface area (Å²) in [5.74, 6) is -2.10. The second-order valence-electron chi connectivity index (χ2n) is 17.1. The van der Waals surface area contributed by atoms with Crippen LogP contribution in [-0.4, -0.2) is 67.8 Å². The summed E-state index contributed by atoms with van der Waals surface area (Å²) in [4.78, 5) is 51.5. The van der Waals surface area contributed by atoms with E-state index in [9.17, 15) is 19.2 Å². The van der Waals surface area contributed by atoms with Gasteiger partial charge in [-0.25, -0.2) is 0 Å². The van der Waals surface area contributed by atoms with Crippen LogP contribution in [0, 0.1) is 0 Å². The van der Waals surface area contributed by atoms with Gasteiger partial charge in [0, 0.05) is 0 Å². The van der Waals surface area contributed by atoms with Gasteiger partial charge in [0.15, 0.2) is 0 Å². The number of thiol groups is 2. The van der Waals surface area contributed by atoms with E-state index in [0.29, 0.717) is 12.8 Å². The van der Waals surface area contributed by atoms with Crippen molar-refractivity contribution in [1.29, 1.82) is 0 Å². The van der Waals surface area contributed by atoms with E-state index in [4.69, 9.17) is 15.6 Å². The predicted molar refractivity (Wildman–Crippen MR) is 255 cm³/mol. The van der Waals surface area contributed by atoms with E-state index >= 15 is 0 Å². The van der Waals surface area contributed by atoms with E-state index < -0.39 is 53.6 Å². The van der Waals surface area contributed by atoms with Crippen LogP contribution in [0.3, 0.4) is 0 Å². The van der Waals surface area contributed by atoms with Gasteiger partial charge in [-0.3, -0.25) is 0 Å². The van der Waals surface area contributed by atoms with E-state index in [2.05, 4.69) is 39.1 Å². The number of methoxy groups -OCH3 is 2. The van der Waals surface area contributed by atoms with Gasteiger partial charge in [-0.15, -0.1) is 0 Å². The molecule has 0 radical (unpaired) electrons. The van der Waals surface area contributed by atoms with Crippen molar-refractivity contribution in [2.75, 3.05) is 14.2 Å². The smallest absolute Gasteiger partial charge is 0.0654 e. The molecule has 0 N–H and O–H groups in total. The summed E-state index contributed by atoms with van der Waals surface area (Å²) in [6.07, 6.45) is 41.6. The molecule has 0 fully saturated rings. The first-order valence-electron chi connectivity index (χ1n) is 24.6. The minimum Gasteiger partial charge on any atom is -0.0654 e. The van der Waals surface area contributed by atoms with Gasteiger partial charge in [0.2, 0.25) is 0 Å². The fourth-order valence-electron chi connectivity index (χ4n) is 7.65. The average Bonchev–Trinajstić information content (AvgIpc) is 3.23. The molecular formula is C48H92O8S2Sn. The molecule has 0 aliphatic heterocycles. The summed E-state index contributed by atoms with van der Waals surface area (Å²) in [5.41, 5.74) is 0. The number of rotatable bonds is 44. The second-order valence-corrected chi connectivity index (χ2v) is 27.6. The van der Waals surface area contributed by atoms with Gasteiger partial charge in [0.25, 0.3) is 0 Å². The van der Waals surface area contributed by atoms with Crippen LogP contribution < -0.4 is 0 Å². The van der Waals surface area contributed by atoms with Crippen LogP contribution in [0.25, 0.3) is 0 Å². The van der Waals surface area contributed by atoms with E-state index in [-0.39, 0.29) is 21.7 Å². The maximum absolute atomic E-state index is 13.5. The molecular weight excluding hydrogens is 887 g/mol. The van der Waals surface area contributed by atoms with Gasteiger partial charge in [0.1, 0.15) is 0 Å². The van der Waals surface area contributed by atoms with Crippen LogP contribution in [0.2, 0.25) is 8.87 Å². The van der Waals surface area contributed by atoms with Crippen molar-refractivity contribution in [3.8, 4) is 0 Å². The van der Waals surface area contributed by atoms with Crippen LogP contribution in [0.5, 0.6) is 0 Å². The number of esters is 2. The van der Waals surface area contributed by atoms with Crippen molar-refractivity contribution in [2.24, 2.45) is 0 Å². The number of hydrogen-bond donors (Lipinski definition) is 2. The summed E-state index contributed by atoms with van der Waals surface area (Å²) in [6, 6.07) is 0. The molecule has 0 spiro atoms. The third-order valence-corrected chi connectivity index (χ3v) is 21.6. The topological polar surface area (TPSA) is 105 Å². The average molecular weight is 980 g/mol. The van der Waals surface area contributed by atoms with Crippen molar-refractivity contribution in [1.82, 2.24) is 0 Å². The van der Waals surface area contributed by atoms with Crippen LogP contribution in [-0.2, 0) is 34.8 Å². The fourth-order valence-corrected chi connectivity index (χ4v) is 16.9. The van der Waals surface area contributed by atoms with Crippen LogP contribution in [0.15, 0.2) is 0 Å². The normalized spacial score (nSPS) is 12.6.